The normalized spacial score (nSPS) is 39.5. The molecule has 0 heterocycles. The highest BCUT2D eigenvalue weighted by Crippen LogP contribution is 2.62. The van der Waals surface area contributed by atoms with Gasteiger partial charge in [-0.3, -0.25) is 4.79 Å². The zero-order valence-corrected chi connectivity index (χ0v) is 52.1. The van der Waals surface area contributed by atoms with E-state index in [9.17, 15) is 4.79 Å². The van der Waals surface area contributed by atoms with Crippen LogP contribution in [0, 0.1) is 178 Å². The molecular formula is C69H130O. The number of rotatable bonds is 27. The van der Waals surface area contributed by atoms with Crippen LogP contribution >= 0.6 is 0 Å². The molecule has 4 aliphatic carbocycles. The van der Waals surface area contributed by atoms with E-state index in [1.807, 2.05) is 0 Å². The quantitative estimate of drug-likeness (QED) is 0.0802. The summed E-state index contributed by atoms with van der Waals surface area (Å²) in [5.41, 5.74) is 0. The Morgan fingerprint density at radius 3 is 1.37 bits per heavy atom. The zero-order valence-electron chi connectivity index (χ0n) is 52.1. The van der Waals surface area contributed by atoms with Crippen LogP contribution in [0.4, 0.5) is 0 Å². The minimum Gasteiger partial charge on any atom is -0.299 e. The molecule has 0 spiro atoms. The van der Waals surface area contributed by atoms with Crippen LogP contribution in [0.3, 0.4) is 0 Å². The van der Waals surface area contributed by atoms with E-state index in [4.69, 9.17) is 0 Å². The van der Waals surface area contributed by atoms with Crippen LogP contribution in [0.15, 0.2) is 0 Å². The summed E-state index contributed by atoms with van der Waals surface area (Å²) >= 11 is 0. The Labute approximate surface area is 442 Å². The predicted octanol–water partition coefficient (Wildman–Crippen LogP) is 21.0. The van der Waals surface area contributed by atoms with Crippen LogP contribution in [0.5, 0.6) is 0 Å². The van der Waals surface area contributed by atoms with E-state index < -0.39 is 0 Å². The fourth-order valence-corrected chi connectivity index (χ4v) is 19.9. The first-order valence-corrected chi connectivity index (χ1v) is 32.3. The van der Waals surface area contributed by atoms with E-state index in [0.29, 0.717) is 53.1 Å². The van der Waals surface area contributed by atoms with Crippen molar-refractivity contribution in [1.82, 2.24) is 0 Å². The van der Waals surface area contributed by atoms with E-state index in [1.165, 1.54) is 89.9 Å². The summed E-state index contributed by atoms with van der Waals surface area (Å²) in [5, 5.41) is 0. The monoisotopic (exact) mass is 975 g/mol. The van der Waals surface area contributed by atoms with Crippen LogP contribution < -0.4 is 0 Å². The van der Waals surface area contributed by atoms with Gasteiger partial charge in [0.05, 0.1) is 0 Å². The van der Waals surface area contributed by atoms with Crippen molar-refractivity contribution in [3.05, 3.63) is 0 Å². The maximum atomic E-state index is 14.6. The lowest BCUT2D eigenvalue weighted by atomic mass is 9.53. The first kappa shape index (κ1) is 62.2. The summed E-state index contributed by atoms with van der Waals surface area (Å²) in [4.78, 5) is 14.6. The van der Waals surface area contributed by atoms with E-state index in [0.717, 1.165) is 118 Å². The van der Waals surface area contributed by atoms with Crippen molar-refractivity contribution in [1.29, 1.82) is 0 Å². The Balaban J connectivity index is 1.26. The smallest absolute Gasteiger partial charge is 0.139 e. The van der Waals surface area contributed by atoms with Gasteiger partial charge in [0.1, 0.15) is 5.78 Å². The van der Waals surface area contributed by atoms with Crippen LogP contribution in [-0.2, 0) is 4.79 Å². The standard InChI is InChI=1S/C69H130O/c1-25-57(36-48(16)63-38-64(54(22)58(63)26-2)67-49(17)37-65-62(39(6)7)30-40(8)31-66(65)67)35-47(15)50(18)45(13)33-43(11)41(9)32-42(10)44(12)34-46(14)51(19)52(20)53(21)69(70)68-55(23)59(27-3)61(29-5)60(28-4)56(68)24/h39-68H,25-38H2,1-24H3. The van der Waals surface area contributed by atoms with Gasteiger partial charge in [-0.15, -0.1) is 0 Å². The van der Waals surface area contributed by atoms with Crippen molar-refractivity contribution in [2.45, 2.75) is 256 Å². The van der Waals surface area contributed by atoms with Crippen molar-refractivity contribution >= 4 is 5.78 Å². The van der Waals surface area contributed by atoms with Gasteiger partial charge >= 0.3 is 0 Å². The van der Waals surface area contributed by atoms with Gasteiger partial charge < -0.3 is 0 Å². The minimum atomic E-state index is 0.136. The molecule has 0 aromatic heterocycles. The number of hydrogen-bond donors (Lipinski definition) is 0. The fourth-order valence-electron chi connectivity index (χ4n) is 19.9. The number of carbonyl (C=O) groups excluding carboxylic acids is 1. The average molecular weight is 976 g/mol. The first-order valence-electron chi connectivity index (χ1n) is 32.3. The molecule has 70 heavy (non-hydrogen) atoms. The number of fused-ring (bicyclic) bond motifs is 1. The van der Waals surface area contributed by atoms with Crippen molar-refractivity contribution in [3.8, 4) is 0 Å². The molecule has 1 nitrogen and oxygen atoms in total. The maximum absolute atomic E-state index is 14.6. The van der Waals surface area contributed by atoms with Gasteiger partial charge in [0.25, 0.3) is 0 Å². The van der Waals surface area contributed by atoms with Gasteiger partial charge in [0.2, 0.25) is 0 Å². The van der Waals surface area contributed by atoms with Gasteiger partial charge in [-0.2, -0.15) is 0 Å². The molecule has 4 rings (SSSR count). The molecule has 1 heteroatoms. The molecule has 0 aromatic rings. The molecule has 27 atom stereocenters. The maximum Gasteiger partial charge on any atom is 0.139 e. The van der Waals surface area contributed by atoms with E-state index in [-0.39, 0.29) is 11.8 Å². The Morgan fingerprint density at radius 1 is 0.429 bits per heavy atom. The summed E-state index contributed by atoms with van der Waals surface area (Å²) < 4.78 is 0. The van der Waals surface area contributed by atoms with E-state index in [1.54, 1.807) is 0 Å². The number of Topliss-reactive ketones (excluding diaryl/α,β-unsaturated/α-hetero) is 1. The third-order valence-electron chi connectivity index (χ3n) is 25.5. The molecule has 0 N–H and O–H groups in total. The first-order chi connectivity index (χ1) is 32.8. The highest BCUT2D eigenvalue weighted by atomic mass is 16.1. The lowest BCUT2D eigenvalue weighted by Gasteiger charge is -2.50. The van der Waals surface area contributed by atoms with Crippen LogP contribution in [0.25, 0.3) is 0 Å². The second-order valence-electron chi connectivity index (χ2n) is 29.6. The molecule has 0 saturated heterocycles. The van der Waals surface area contributed by atoms with E-state index in [2.05, 4.69) is 166 Å². The van der Waals surface area contributed by atoms with Gasteiger partial charge in [0.15, 0.2) is 0 Å². The van der Waals surface area contributed by atoms with Crippen molar-refractivity contribution in [3.63, 3.8) is 0 Å². The number of carbonyl (C=O) groups is 1. The molecule has 412 valence electrons. The SMILES string of the molecule is CCC(CC(C)C(C)C(C)CC(C)C(C)CC(C)C(C)CC(C)C(C)C(C)C(C)C(=O)C1C(C)C(CC)C(CC)C(CC)C1C)CC(C)C1CC(C2C(C)CC3C(C(C)C)CC(C)CC32)C(C)C1CC. The average Bonchev–Trinajstić information content (AvgIpc) is 3.82. The highest BCUT2D eigenvalue weighted by molar-refractivity contribution is 5.84. The Bertz CT molecular complexity index is 1480. The molecule has 4 saturated carbocycles. The predicted molar refractivity (Wildman–Crippen MR) is 311 cm³/mol. The third-order valence-corrected chi connectivity index (χ3v) is 25.5. The molecule has 0 bridgehead atoms. The number of hydrogen-bond acceptors (Lipinski definition) is 1. The zero-order chi connectivity index (χ0) is 52.8. The summed E-state index contributed by atoms with van der Waals surface area (Å²) in [6.07, 6.45) is 19.4. The lowest BCUT2D eigenvalue weighted by Crippen LogP contribution is -2.49. The van der Waals surface area contributed by atoms with Crippen molar-refractivity contribution in [2.24, 2.45) is 178 Å². The molecule has 4 aliphatic rings. The molecule has 0 radical (unpaired) electrons. The van der Waals surface area contributed by atoms with Gasteiger partial charge in [0, 0.05) is 11.8 Å². The van der Waals surface area contributed by atoms with Gasteiger partial charge in [-0.1, -0.05) is 198 Å². The summed E-state index contributed by atoms with van der Waals surface area (Å²) in [6, 6.07) is 0. The van der Waals surface area contributed by atoms with E-state index >= 15 is 0 Å². The second kappa shape index (κ2) is 27.6. The highest BCUT2D eigenvalue weighted by Gasteiger charge is 2.55. The Morgan fingerprint density at radius 2 is 0.900 bits per heavy atom. The minimum absolute atomic E-state index is 0.136. The third kappa shape index (κ3) is 14.2. The topological polar surface area (TPSA) is 17.1 Å². The molecule has 27 unspecified atom stereocenters. The van der Waals surface area contributed by atoms with Gasteiger partial charge in [-0.25, -0.2) is 0 Å². The lowest BCUT2D eigenvalue weighted by molar-refractivity contribution is -0.139. The Hall–Kier alpha value is -0.330. The van der Waals surface area contributed by atoms with Gasteiger partial charge in [-0.05, 0) is 223 Å². The molecular weight excluding hydrogens is 845 g/mol. The molecule has 0 aromatic carbocycles. The molecule has 0 aliphatic heterocycles. The Kier molecular flexibility index (Phi) is 24.6. The van der Waals surface area contributed by atoms with Crippen LogP contribution in [0.2, 0.25) is 0 Å². The van der Waals surface area contributed by atoms with Crippen LogP contribution in [-0.4, -0.2) is 5.78 Å². The molecule has 4 fully saturated rings. The fraction of sp³-hybridized carbons (Fsp3) is 0.986. The number of ketones is 1. The second-order valence-corrected chi connectivity index (χ2v) is 29.6. The van der Waals surface area contributed by atoms with Crippen LogP contribution in [0.1, 0.15) is 256 Å². The summed E-state index contributed by atoms with van der Waals surface area (Å²) in [7, 11) is 0. The van der Waals surface area contributed by atoms with Crippen molar-refractivity contribution in [2.75, 3.05) is 0 Å². The largest absolute Gasteiger partial charge is 0.299 e. The summed E-state index contributed by atoms with van der Waals surface area (Å²) in [5.74, 6) is 23.0. The molecule has 0 amide bonds. The summed E-state index contributed by atoms with van der Waals surface area (Å²) in [6.45, 7) is 60.7. The van der Waals surface area contributed by atoms with Crippen molar-refractivity contribution < 1.29 is 4.79 Å².